The molecule has 0 aliphatic carbocycles. The van der Waals surface area contributed by atoms with Crippen LogP contribution in [0.4, 0.5) is 14.5 Å². The first-order chi connectivity index (χ1) is 9.37. The van der Waals surface area contributed by atoms with E-state index in [0.29, 0.717) is 5.56 Å². The monoisotopic (exact) mass is 298 g/mol. The van der Waals surface area contributed by atoms with E-state index in [1.165, 1.54) is 24.3 Å². The largest absolute Gasteiger partial charge is 0.399 e. The molecule has 20 heavy (non-hydrogen) atoms. The Morgan fingerprint density at radius 3 is 2.25 bits per heavy atom. The lowest BCUT2D eigenvalue weighted by atomic mass is 10.2. The number of anilines is 1. The normalized spacial score (nSPS) is 11.5. The Morgan fingerprint density at radius 1 is 1.00 bits per heavy atom. The summed E-state index contributed by atoms with van der Waals surface area (Å²) in [4.78, 5) is -0.253. The second kappa shape index (κ2) is 5.56. The van der Waals surface area contributed by atoms with Gasteiger partial charge < -0.3 is 5.73 Å². The van der Waals surface area contributed by atoms with E-state index in [9.17, 15) is 17.2 Å². The molecule has 0 radical (unpaired) electrons. The van der Waals surface area contributed by atoms with Crippen LogP contribution in [-0.2, 0) is 16.6 Å². The molecule has 3 N–H and O–H groups in total. The van der Waals surface area contributed by atoms with Crippen molar-refractivity contribution in [3.8, 4) is 0 Å². The molecule has 7 heteroatoms. The highest BCUT2D eigenvalue weighted by atomic mass is 32.2. The molecule has 0 aliphatic rings. The predicted molar refractivity (Wildman–Crippen MR) is 71.2 cm³/mol. The Balaban J connectivity index is 2.16. The molecular formula is C13H12F2N2O2S. The topological polar surface area (TPSA) is 72.2 Å². The number of halogens is 2. The van der Waals surface area contributed by atoms with Crippen molar-refractivity contribution in [2.45, 2.75) is 11.4 Å². The minimum Gasteiger partial charge on any atom is -0.399 e. The summed E-state index contributed by atoms with van der Waals surface area (Å²) in [6.45, 7) is -0.0287. The summed E-state index contributed by atoms with van der Waals surface area (Å²) in [5.74, 6) is -1.14. The van der Waals surface area contributed by atoms with Crippen LogP contribution in [0.2, 0.25) is 0 Å². The van der Waals surface area contributed by atoms with Gasteiger partial charge in [0.1, 0.15) is 11.6 Å². The van der Waals surface area contributed by atoms with Crippen LogP contribution in [-0.4, -0.2) is 8.42 Å². The molecule has 2 rings (SSSR count). The average molecular weight is 298 g/mol. The summed E-state index contributed by atoms with van der Waals surface area (Å²) in [6, 6.07) is 8.43. The third-order valence-electron chi connectivity index (χ3n) is 2.58. The number of nitrogens with two attached hydrogens (primary N) is 1. The molecule has 0 fully saturated rings. The average Bonchev–Trinajstić information content (AvgIpc) is 2.37. The van der Waals surface area contributed by atoms with Crippen molar-refractivity contribution in [1.29, 1.82) is 0 Å². The van der Waals surface area contributed by atoms with Gasteiger partial charge in [0.15, 0.2) is 0 Å². The molecule has 0 heterocycles. The number of hydrogen-bond acceptors (Lipinski definition) is 3. The molecule has 0 unspecified atom stereocenters. The Hall–Kier alpha value is -1.99. The molecular weight excluding hydrogens is 286 g/mol. The minimum atomic E-state index is -3.88. The molecule has 0 saturated carbocycles. The first-order valence-corrected chi connectivity index (χ1v) is 7.15. The molecule has 4 nitrogen and oxygen atoms in total. The Bertz CT molecular complexity index is 695. The van der Waals surface area contributed by atoms with Crippen molar-refractivity contribution in [2.24, 2.45) is 0 Å². The minimum absolute atomic E-state index is 0.0205. The van der Waals surface area contributed by atoms with Gasteiger partial charge in [0.05, 0.1) is 4.90 Å². The van der Waals surface area contributed by atoms with Crippen molar-refractivity contribution in [2.75, 3.05) is 5.73 Å². The van der Waals surface area contributed by atoms with Gasteiger partial charge in [-0.25, -0.2) is 21.9 Å². The summed E-state index contributed by atoms with van der Waals surface area (Å²) in [7, 11) is -3.88. The molecule has 0 atom stereocenters. The highest BCUT2D eigenvalue weighted by molar-refractivity contribution is 7.89. The summed E-state index contributed by atoms with van der Waals surface area (Å²) in [5.41, 5.74) is 6.01. The van der Waals surface area contributed by atoms with Crippen LogP contribution in [0.15, 0.2) is 47.4 Å². The summed E-state index contributed by atoms with van der Waals surface area (Å²) in [6.07, 6.45) is 0. The van der Waals surface area contributed by atoms with Crippen molar-refractivity contribution in [3.63, 3.8) is 0 Å². The third-order valence-corrected chi connectivity index (χ3v) is 3.96. The van der Waals surface area contributed by atoms with E-state index in [4.69, 9.17) is 5.73 Å². The van der Waals surface area contributed by atoms with Crippen LogP contribution in [0.1, 0.15) is 5.56 Å². The van der Waals surface area contributed by atoms with Crippen LogP contribution in [0, 0.1) is 11.6 Å². The number of nitrogens with one attached hydrogen (secondary N) is 1. The molecule has 0 bridgehead atoms. The molecule has 0 saturated heterocycles. The van der Waals surface area contributed by atoms with Gasteiger partial charge in [0.25, 0.3) is 0 Å². The molecule has 2 aromatic rings. The number of hydrogen-bond donors (Lipinski definition) is 2. The molecule has 106 valence electrons. The van der Waals surface area contributed by atoms with Gasteiger partial charge in [0.2, 0.25) is 10.0 Å². The van der Waals surface area contributed by atoms with Gasteiger partial charge in [-0.05, 0) is 35.9 Å². The van der Waals surface area contributed by atoms with E-state index in [1.54, 1.807) is 0 Å². The molecule has 0 aromatic heterocycles. The maximum atomic E-state index is 13.2. The molecule has 0 amide bonds. The summed E-state index contributed by atoms with van der Waals surface area (Å²) >= 11 is 0. The lowest BCUT2D eigenvalue weighted by Crippen LogP contribution is -2.23. The zero-order valence-electron chi connectivity index (χ0n) is 10.3. The van der Waals surface area contributed by atoms with E-state index in [0.717, 1.165) is 18.2 Å². The Labute approximate surface area is 115 Å². The number of rotatable bonds is 4. The fourth-order valence-electron chi connectivity index (χ4n) is 1.60. The van der Waals surface area contributed by atoms with Crippen LogP contribution in [0.5, 0.6) is 0 Å². The number of nitrogen functional groups attached to an aromatic ring is 1. The zero-order chi connectivity index (χ0) is 14.8. The van der Waals surface area contributed by atoms with Gasteiger partial charge in [0, 0.05) is 12.2 Å². The maximum absolute atomic E-state index is 13.2. The van der Waals surface area contributed by atoms with Crippen LogP contribution in [0.3, 0.4) is 0 Å². The lowest BCUT2D eigenvalue weighted by Gasteiger charge is -2.08. The summed E-state index contributed by atoms with van der Waals surface area (Å²) < 4.78 is 52.1. The quantitative estimate of drug-likeness (QED) is 0.848. The van der Waals surface area contributed by atoms with E-state index < -0.39 is 21.7 Å². The maximum Gasteiger partial charge on any atom is 0.241 e. The van der Waals surface area contributed by atoms with Crippen LogP contribution >= 0.6 is 0 Å². The van der Waals surface area contributed by atoms with Crippen LogP contribution < -0.4 is 10.5 Å². The van der Waals surface area contributed by atoms with E-state index in [1.807, 2.05) is 0 Å². The Morgan fingerprint density at radius 2 is 1.65 bits per heavy atom. The molecule has 0 aliphatic heterocycles. The first-order valence-electron chi connectivity index (χ1n) is 5.67. The summed E-state index contributed by atoms with van der Waals surface area (Å²) in [5, 5.41) is 0. The third kappa shape index (κ3) is 3.52. The highest BCUT2D eigenvalue weighted by Gasteiger charge is 2.15. The fourth-order valence-corrected chi connectivity index (χ4v) is 2.69. The molecule has 0 spiro atoms. The molecule has 2 aromatic carbocycles. The van der Waals surface area contributed by atoms with Crippen molar-refractivity contribution in [1.82, 2.24) is 4.72 Å². The smallest absolute Gasteiger partial charge is 0.241 e. The second-order valence-electron chi connectivity index (χ2n) is 4.17. The van der Waals surface area contributed by atoms with Gasteiger partial charge in [-0.15, -0.1) is 0 Å². The van der Waals surface area contributed by atoms with Gasteiger partial charge in [-0.1, -0.05) is 12.1 Å². The number of sulfonamides is 1. The lowest BCUT2D eigenvalue weighted by molar-refractivity contribution is 0.577. The van der Waals surface area contributed by atoms with Crippen molar-refractivity contribution < 1.29 is 17.2 Å². The van der Waals surface area contributed by atoms with Gasteiger partial charge >= 0.3 is 0 Å². The van der Waals surface area contributed by atoms with E-state index in [2.05, 4.69) is 4.72 Å². The standard InChI is InChI=1S/C13H12F2N2O2S/c14-10-3-1-9(2-4-10)8-17-20(18,19)13-6-11(15)5-12(16)7-13/h1-7,17H,8,16H2. The SMILES string of the molecule is Nc1cc(F)cc(S(=O)(=O)NCc2ccc(F)cc2)c1. The van der Waals surface area contributed by atoms with Gasteiger partial charge in [-0.2, -0.15) is 0 Å². The fraction of sp³-hybridized carbons (Fsp3) is 0.0769. The van der Waals surface area contributed by atoms with Crippen LogP contribution in [0.25, 0.3) is 0 Å². The second-order valence-corrected chi connectivity index (χ2v) is 5.94. The predicted octanol–water partition coefficient (Wildman–Crippen LogP) is 2.03. The Kier molecular flexibility index (Phi) is 4.01. The van der Waals surface area contributed by atoms with Crippen molar-refractivity contribution in [3.05, 3.63) is 59.7 Å². The van der Waals surface area contributed by atoms with Gasteiger partial charge in [-0.3, -0.25) is 0 Å². The highest BCUT2D eigenvalue weighted by Crippen LogP contribution is 2.16. The first kappa shape index (κ1) is 14.4. The van der Waals surface area contributed by atoms with E-state index in [-0.39, 0.29) is 17.1 Å². The number of benzene rings is 2. The zero-order valence-corrected chi connectivity index (χ0v) is 11.1. The van der Waals surface area contributed by atoms with Crippen molar-refractivity contribution >= 4 is 15.7 Å². The van der Waals surface area contributed by atoms with E-state index >= 15 is 0 Å².